The number of rotatable bonds is 3. The van der Waals surface area contributed by atoms with Crippen LogP contribution in [0.2, 0.25) is 0 Å². The second-order valence-corrected chi connectivity index (χ2v) is 8.91. The van der Waals surface area contributed by atoms with Crippen molar-refractivity contribution in [2.75, 3.05) is 5.32 Å². The Morgan fingerprint density at radius 1 is 1.26 bits per heavy atom. The van der Waals surface area contributed by atoms with Gasteiger partial charge in [-0.3, -0.25) is 5.32 Å². The van der Waals surface area contributed by atoms with E-state index in [1.807, 2.05) is 11.6 Å². The quantitative estimate of drug-likeness (QED) is 0.857. The molecule has 0 bridgehead atoms. The van der Waals surface area contributed by atoms with Gasteiger partial charge in [0, 0.05) is 22.7 Å². The van der Waals surface area contributed by atoms with Crippen LogP contribution in [-0.2, 0) is 11.0 Å². The molecule has 124 valence electrons. The Labute approximate surface area is 144 Å². The summed E-state index contributed by atoms with van der Waals surface area (Å²) in [6.07, 6.45) is 7.76. The number of carbonyl (C=O) groups is 1. The lowest BCUT2D eigenvalue weighted by Crippen LogP contribution is -2.45. The minimum Gasteiger partial charge on any atom is -0.326 e. The van der Waals surface area contributed by atoms with Crippen LogP contribution in [0.25, 0.3) is 0 Å². The summed E-state index contributed by atoms with van der Waals surface area (Å²) in [6, 6.07) is -0.197. The zero-order chi connectivity index (χ0) is 16.5. The lowest BCUT2D eigenvalue weighted by Gasteiger charge is -2.27. The molecule has 3 rings (SSSR count). The number of nitrogens with zero attached hydrogens (tertiary/aromatic N) is 2. The third-order valence-corrected chi connectivity index (χ3v) is 6.43. The first-order valence-corrected chi connectivity index (χ1v) is 9.54. The SMILES string of the molecule is CC(C)(C)c1cnc(NC(=O)NC2(c3nccs3)CCCC2)s1. The number of hydrogen-bond acceptors (Lipinski definition) is 5. The Hall–Kier alpha value is -1.47. The van der Waals surface area contributed by atoms with E-state index in [1.54, 1.807) is 17.5 Å². The third kappa shape index (κ3) is 3.55. The van der Waals surface area contributed by atoms with Gasteiger partial charge >= 0.3 is 6.03 Å². The Morgan fingerprint density at radius 2 is 2.00 bits per heavy atom. The first-order valence-electron chi connectivity index (χ1n) is 7.84. The van der Waals surface area contributed by atoms with Crippen molar-refractivity contribution in [1.29, 1.82) is 0 Å². The summed E-state index contributed by atoms with van der Waals surface area (Å²) in [5.74, 6) is 0. The lowest BCUT2D eigenvalue weighted by molar-refractivity contribution is 0.236. The van der Waals surface area contributed by atoms with Crippen molar-refractivity contribution in [3.8, 4) is 0 Å². The van der Waals surface area contributed by atoms with Gasteiger partial charge in [-0.05, 0) is 18.3 Å². The number of anilines is 1. The summed E-state index contributed by atoms with van der Waals surface area (Å²) in [5, 5.41) is 9.64. The number of urea groups is 1. The Morgan fingerprint density at radius 3 is 2.57 bits per heavy atom. The largest absolute Gasteiger partial charge is 0.326 e. The van der Waals surface area contributed by atoms with Crippen molar-refractivity contribution in [1.82, 2.24) is 15.3 Å². The number of amides is 2. The molecule has 2 aromatic heterocycles. The predicted molar refractivity (Wildman–Crippen MR) is 95.2 cm³/mol. The van der Waals surface area contributed by atoms with Crippen molar-refractivity contribution in [2.24, 2.45) is 0 Å². The van der Waals surface area contributed by atoms with Crippen LogP contribution >= 0.6 is 22.7 Å². The van der Waals surface area contributed by atoms with Crippen LogP contribution in [0, 0.1) is 0 Å². The number of aromatic nitrogens is 2. The number of thiazole rings is 2. The zero-order valence-electron chi connectivity index (χ0n) is 13.7. The van der Waals surface area contributed by atoms with Crippen LogP contribution in [0.1, 0.15) is 56.3 Å². The minimum absolute atomic E-state index is 0.0433. The van der Waals surface area contributed by atoms with E-state index in [2.05, 4.69) is 41.4 Å². The highest BCUT2D eigenvalue weighted by Gasteiger charge is 2.39. The molecule has 0 radical (unpaired) electrons. The van der Waals surface area contributed by atoms with Gasteiger partial charge in [-0.2, -0.15) is 0 Å². The predicted octanol–water partition coefficient (Wildman–Crippen LogP) is 4.49. The van der Waals surface area contributed by atoms with Gasteiger partial charge in [0.25, 0.3) is 0 Å². The van der Waals surface area contributed by atoms with Crippen molar-refractivity contribution >= 4 is 33.8 Å². The van der Waals surface area contributed by atoms with Crippen molar-refractivity contribution in [3.63, 3.8) is 0 Å². The maximum Gasteiger partial charge on any atom is 0.321 e. The molecule has 23 heavy (non-hydrogen) atoms. The second-order valence-electron chi connectivity index (χ2n) is 6.99. The molecule has 0 aromatic carbocycles. The molecule has 2 aromatic rings. The smallest absolute Gasteiger partial charge is 0.321 e. The highest BCUT2D eigenvalue weighted by molar-refractivity contribution is 7.15. The highest BCUT2D eigenvalue weighted by Crippen LogP contribution is 2.39. The van der Waals surface area contributed by atoms with Crippen molar-refractivity contribution in [3.05, 3.63) is 27.7 Å². The van der Waals surface area contributed by atoms with Crippen molar-refractivity contribution < 1.29 is 4.79 Å². The average Bonchev–Trinajstić information content (AvgIpc) is 3.19. The molecular formula is C16H22N4OS2. The molecule has 0 spiro atoms. The molecule has 2 N–H and O–H groups in total. The molecule has 2 heterocycles. The van der Waals surface area contributed by atoms with Gasteiger partial charge in [-0.15, -0.1) is 22.7 Å². The summed E-state index contributed by atoms with van der Waals surface area (Å²) in [6.45, 7) is 6.42. The topological polar surface area (TPSA) is 66.9 Å². The van der Waals surface area contributed by atoms with E-state index in [-0.39, 0.29) is 17.0 Å². The summed E-state index contributed by atoms with van der Waals surface area (Å²) in [7, 11) is 0. The lowest BCUT2D eigenvalue weighted by atomic mass is 9.96. The van der Waals surface area contributed by atoms with Crippen LogP contribution < -0.4 is 10.6 Å². The second kappa shape index (κ2) is 6.20. The van der Waals surface area contributed by atoms with Crippen LogP contribution in [-0.4, -0.2) is 16.0 Å². The van der Waals surface area contributed by atoms with E-state index in [0.29, 0.717) is 5.13 Å². The molecule has 0 aliphatic heterocycles. The van der Waals surface area contributed by atoms with E-state index in [4.69, 9.17) is 0 Å². The molecule has 1 aliphatic rings. The maximum atomic E-state index is 12.4. The van der Waals surface area contributed by atoms with Gasteiger partial charge in [0.2, 0.25) is 0 Å². The van der Waals surface area contributed by atoms with Crippen molar-refractivity contribution in [2.45, 2.75) is 57.4 Å². The van der Waals surface area contributed by atoms with E-state index in [9.17, 15) is 4.79 Å². The summed E-state index contributed by atoms with van der Waals surface area (Å²) < 4.78 is 0. The molecular weight excluding hydrogens is 328 g/mol. The van der Waals surface area contributed by atoms with E-state index >= 15 is 0 Å². The fourth-order valence-electron chi connectivity index (χ4n) is 2.86. The molecule has 5 nitrogen and oxygen atoms in total. The Kier molecular flexibility index (Phi) is 4.42. The number of nitrogens with one attached hydrogen (secondary N) is 2. The molecule has 7 heteroatoms. The van der Waals surface area contributed by atoms with Gasteiger partial charge in [-0.1, -0.05) is 33.6 Å². The molecule has 1 aliphatic carbocycles. The Bertz CT molecular complexity index is 667. The fourth-order valence-corrected chi connectivity index (χ4v) is 4.58. The van der Waals surface area contributed by atoms with Crippen LogP contribution in [0.4, 0.5) is 9.93 Å². The van der Waals surface area contributed by atoms with Gasteiger partial charge in [0.05, 0.1) is 5.54 Å². The average molecular weight is 351 g/mol. The van der Waals surface area contributed by atoms with Gasteiger partial charge in [0.1, 0.15) is 5.01 Å². The highest BCUT2D eigenvalue weighted by atomic mass is 32.1. The Balaban J connectivity index is 1.70. The summed E-state index contributed by atoms with van der Waals surface area (Å²) in [5.41, 5.74) is -0.274. The molecule has 0 saturated heterocycles. The normalized spacial score (nSPS) is 17.2. The first-order chi connectivity index (χ1) is 10.9. The first kappa shape index (κ1) is 16.4. The zero-order valence-corrected chi connectivity index (χ0v) is 15.3. The fraction of sp³-hybridized carbons (Fsp3) is 0.562. The monoisotopic (exact) mass is 350 g/mol. The molecule has 1 saturated carbocycles. The standard InChI is InChI=1S/C16H22N4OS2/c1-15(2,3)11-10-18-14(23-11)19-13(21)20-16(6-4-5-7-16)12-17-8-9-22-12/h8-10H,4-7H2,1-3H3,(H2,18,19,20,21). The molecule has 2 amide bonds. The van der Waals surface area contributed by atoms with Crippen LogP contribution in [0.3, 0.4) is 0 Å². The van der Waals surface area contributed by atoms with E-state index in [1.165, 1.54) is 11.3 Å². The molecule has 0 unspecified atom stereocenters. The maximum absolute atomic E-state index is 12.4. The summed E-state index contributed by atoms with van der Waals surface area (Å²) in [4.78, 5) is 22.4. The van der Waals surface area contributed by atoms with E-state index in [0.717, 1.165) is 35.6 Å². The van der Waals surface area contributed by atoms with Crippen LogP contribution in [0.5, 0.6) is 0 Å². The number of hydrogen-bond donors (Lipinski definition) is 2. The molecule has 1 fully saturated rings. The van der Waals surface area contributed by atoms with Gasteiger partial charge in [-0.25, -0.2) is 14.8 Å². The minimum atomic E-state index is -0.317. The van der Waals surface area contributed by atoms with Gasteiger partial charge < -0.3 is 5.32 Å². The number of carbonyl (C=O) groups excluding carboxylic acids is 1. The van der Waals surface area contributed by atoms with Gasteiger partial charge in [0.15, 0.2) is 5.13 Å². The third-order valence-electron chi connectivity index (χ3n) is 4.12. The van der Waals surface area contributed by atoms with Crippen LogP contribution in [0.15, 0.2) is 17.8 Å². The van der Waals surface area contributed by atoms with E-state index < -0.39 is 0 Å². The molecule has 0 atom stereocenters. The summed E-state index contributed by atoms with van der Waals surface area (Å²) >= 11 is 3.13.